The number of nitrogens with two attached hydrogens (primary N) is 1. The van der Waals surface area contributed by atoms with Crippen molar-refractivity contribution in [1.82, 2.24) is 0 Å². The molecule has 3 rings (SSSR count). The predicted octanol–water partition coefficient (Wildman–Crippen LogP) is 7.52. The molecule has 0 saturated heterocycles. The van der Waals surface area contributed by atoms with Gasteiger partial charge in [-0.05, 0) is 80.1 Å². The number of Topliss-reactive ketones (excluding diaryl/α,β-unsaturated/α-hetero) is 1. The van der Waals surface area contributed by atoms with Crippen molar-refractivity contribution >= 4 is 54.9 Å². The highest BCUT2D eigenvalue weighted by molar-refractivity contribution is 9.10. The second-order valence-corrected chi connectivity index (χ2v) is 10.9. The molecule has 1 atom stereocenters. The van der Waals surface area contributed by atoms with Gasteiger partial charge >= 0.3 is 0 Å². The maximum absolute atomic E-state index is 12.3. The Morgan fingerprint density at radius 1 is 1.06 bits per heavy atom. The van der Waals surface area contributed by atoms with Crippen LogP contribution in [0.5, 0.6) is 0 Å². The second-order valence-electron chi connectivity index (χ2n) is 9.03. The summed E-state index contributed by atoms with van der Waals surface area (Å²) in [5.74, 6) is 1.05. The lowest BCUT2D eigenvalue weighted by Crippen LogP contribution is -2.39. The van der Waals surface area contributed by atoms with Crippen LogP contribution in [0.3, 0.4) is 0 Å². The van der Waals surface area contributed by atoms with Crippen LogP contribution < -0.4 is 10.6 Å². The van der Waals surface area contributed by atoms with E-state index in [0.29, 0.717) is 18.0 Å². The zero-order valence-corrected chi connectivity index (χ0v) is 23.3. The van der Waals surface area contributed by atoms with Gasteiger partial charge in [-0.25, -0.2) is 0 Å². The second kappa shape index (κ2) is 11.2. The zero-order valence-electron chi connectivity index (χ0n) is 20.1. The summed E-state index contributed by atoms with van der Waals surface area (Å²) >= 11 is 7.47. The van der Waals surface area contributed by atoms with E-state index >= 15 is 0 Å². The number of hydrogen-bond acceptors (Lipinski definition) is 3. The van der Waals surface area contributed by atoms with Gasteiger partial charge in [0.1, 0.15) is 5.78 Å². The van der Waals surface area contributed by atoms with E-state index in [1.807, 2.05) is 0 Å². The number of ketones is 1. The molecule has 4 nitrogen and oxygen atoms in total. The molecule has 6 heteroatoms. The Balaban J connectivity index is 2.22. The number of benzene rings is 2. The molecule has 0 aromatic heterocycles. The van der Waals surface area contributed by atoms with Crippen LogP contribution >= 0.6 is 31.9 Å². The van der Waals surface area contributed by atoms with Gasteiger partial charge < -0.3 is 10.6 Å². The summed E-state index contributed by atoms with van der Waals surface area (Å²) in [6, 6.07) is 13.2. The molecule has 0 fully saturated rings. The summed E-state index contributed by atoms with van der Waals surface area (Å²) in [4.78, 5) is 18.8. The van der Waals surface area contributed by atoms with Crippen molar-refractivity contribution in [2.24, 2.45) is 16.6 Å². The van der Waals surface area contributed by atoms with Crippen LogP contribution in [0.25, 0.3) is 0 Å². The molecule has 2 aromatic rings. The van der Waals surface area contributed by atoms with Gasteiger partial charge in [0.2, 0.25) is 0 Å². The Kier molecular flexibility index (Phi) is 8.79. The minimum Gasteiger partial charge on any atom is -0.387 e. The number of anilines is 2. The Labute approximate surface area is 215 Å². The van der Waals surface area contributed by atoms with Gasteiger partial charge in [-0.1, -0.05) is 52.1 Å². The number of halogens is 2. The van der Waals surface area contributed by atoms with Crippen molar-refractivity contribution in [2.75, 3.05) is 18.5 Å². The first-order valence-electron chi connectivity index (χ1n) is 11.9. The highest BCUT2D eigenvalue weighted by Gasteiger charge is 2.43. The SMILES string of the molecule is CCCC1(CCC(CC)C(C)=O)c2cc(Br)ccc2N(CCC(N)=NC)c2ccc(Br)cc21. The van der Waals surface area contributed by atoms with Crippen LogP contribution in [0, 0.1) is 5.92 Å². The van der Waals surface area contributed by atoms with Crippen LogP contribution in [0.4, 0.5) is 11.4 Å². The van der Waals surface area contributed by atoms with Gasteiger partial charge in [-0.2, -0.15) is 0 Å². The number of hydrogen-bond donors (Lipinski definition) is 1. The highest BCUT2D eigenvalue weighted by Crippen LogP contribution is 2.55. The molecule has 0 saturated carbocycles. The molecule has 33 heavy (non-hydrogen) atoms. The fourth-order valence-corrected chi connectivity index (χ4v) is 6.04. The fourth-order valence-electron chi connectivity index (χ4n) is 5.31. The number of amidine groups is 1. The molecule has 2 aromatic carbocycles. The molecular weight excluding hydrogens is 542 g/mol. The molecule has 0 radical (unpaired) electrons. The van der Waals surface area contributed by atoms with E-state index in [1.54, 1.807) is 14.0 Å². The van der Waals surface area contributed by atoms with Crippen molar-refractivity contribution in [3.05, 3.63) is 56.5 Å². The van der Waals surface area contributed by atoms with Gasteiger partial charge in [0.15, 0.2) is 0 Å². The van der Waals surface area contributed by atoms with Crippen LogP contribution in [0.2, 0.25) is 0 Å². The molecule has 0 spiro atoms. The first-order valence-corrected chi connectivity index (χ1v) is 13.4. The van der Waals surface area contributed by atoms with E-state index in [2.05, 4.69) is 92.0 Å². The third kappa shape index (κ3) is 5.37. The van der Waals surface area contributed by atoms with E-state index in [4.69, 9.17) is 5.73 Å². The predicted molar refractivity (Wildman–Crippen MR) is 147 cm³/mol. The molecule has 1 heterocycles. The molecule has 0 aliphatic carbocycles. The number of carbonyl (C=O) groups excluding carboxylic acids is 1. The minimum atomic E-state index is -0.156. The molecule has 1 unspecified atom stereocenters. The topological polar surface area (TPSA) is 58.7 Å². The first kappa shape index (κ1) is 26.0. The normalized spacial score (nSPS) is 15.7. The molecule has 2 N–H and O–H groups in total. The molecule has 0 bridgehead atoms. The van der Waals surface area contributed by atoms with E-state index in [-0.39, 0.29) is 11.3 Å². The molecule has 178 valence electrons. The Bertz CT molecular complexity index is 981. The van der Waals surface area contributed by atoms with E-state index in [0.717, 1.165) is 47.6 Å². The molecule has 0 amide bonds. The molecule has 1 aliphatic heterocycles. The third-order valence-electron chi connectivity index (χ3n) is 7.07. The lowest BCUT2D eigenvalue weighted by Gasteiger charge is -2.46. The largest absolute Gasteiger partial charge is 0.387 e. The third-order valence-corrected chi connectivity index (χ3v) is 8.06. The van der Waals surface area contributed by atoms with Gasteiger partial charge in [0, 0.05) is 51.7 Å². The van der Waals surface area contributed by atoms with Gasteiger partial charge in [-0.15, -0.1) is 0 Å². The number of nitrogens with zero attached hydrogens (tertiary/aromatic N) is 2. The van der Waals surface area contributed by atoms with Crippen molar-refractivity contribution < 1.29 is 4.79 Å². The number of rotatable bonds is 10. The number of carbonyl (C=O) groups is 1. The Hall–Kier alpha value is -1.66. The van der Waals surface area contributed by atoms with Crippen molar-refractivity contribution in [2.45, 2.75) is 64.7 Å². The van der Waals surface area contributed by atoms with E-state index in [1.165, 1.54) is 22.5 Å². The fraction of sp³-hybridized carbons (Fsp3) is 0.481. The summed E-state index contributed by atoms with van der Waals surface area (Å²) < 4.78 is 2.15. The van der Waals surface area contributed by atoms with Gasteiger partial charge in [0.05, 0.1) is 5.84 Å². The average molecular weight is 577 g/mol. The van der Waals surface area contributed by atoms with Crippen molar-refractivity contribution in [3.63, 3.8) is 0 Å². The van der Waals surface area contributed by atoms with Crippen LogP contribution in [0.1, 0.15) is 70.4 Å². The quantitative estimate of drug-likeness (QED) is 0.235. The summed E-state index contributed by atoms with van der Waals surface area (Å²) in [5, 5.41) is 0. The Morgan fingerprint density at radius 3 is 2.09 bits per heavy atom. The van der Waals surface area contributed by atoms with Crippen LogP contribution in [-0.4, -0.2) is 25.2 Å². The number of fused-ring (bicyclic) bond motifs is 2. The zero-order chi connectivity index (χ0) is 24.2. The summed E-state index contributed by atoms with van der Waals surface area (Å²) in [5.41, 5.74) is 11.0. The summed E-state index contributed by atoms with van der Waals surface area (Å²) in [7, 11) is 1.74. The summed E-state index contributed by atoms with van der Waals surface area (Å²) in [6.45, 7) is 6.87. The van der Waals surface area contributed by atoms with Gasteiger partial charge in [0.25, 0.3) is 0 Å². The average Bonchev–Trinajstić information content (AvgIpc) is 2.79. The lowest BCUT2D eigenvalue weighted by molar-refractivity contribution is -0.121. The van der Waals surface area contributed by atoms with Crippen LogP contribution in [0.15, 0.2) is 50.3 Å². The minimum absolute atomic E-state index is 0.100. The Morgan fingerprint density at radius 2 is 1.64 bits per heavy atom. The molecular formula is C27H35Br2N3O. The summed E-state index contributed by atoms with van der Waals surface area (Å²) in [6.07, 6.45) is 5.50. The smallest absolute Gasteiger partial charge is 0.132 e. The van der Waals surface area contributed by atoms with E-state index in [9.17, 15) is 4.79 Å². The lowest BCUT2D eigenvalue weighted by atomic mass is 9.64. The van der Waals surface area contributed by atoms with Gasteiger partial charge in [-0.3, -0.25) is 9.79 Å². The maximum Gasteiger partial charge on any atom is 0.132 e. The van der Waals surface area contributed by atoms with Crippen molar-refractivity contribution in [3.8, 4) is 0 Å². The molecule has 1 aliphatic rings. The highest BCUT2D eigenvalue weighted by atomic mass is 79.9. The first-order chi connectivity index (χ1) is 15.8. The van der Waals surface area contributed by atoms with Crippen LogP contribution in [-0.2, 0) is 10.2 Å². The van der Waals surface area contributed by atoms with Crippen molar-refractivity contribution in [1.29, 1.82) is 0 Å². The maximum atomic E-state index is 12.3. The standard InChI is InChI=1S/C27H35Br2N3O/c1-5-13-27(14-11-19(6-2)18(3)33)22-16-20(28)7-9-24(22)32(15-12-26(30)31-4)25-10-8-21(29)17-23(25)27/h7-10,16-17,19H,5-6,11-15H2,1-4H3,(H2,30,31). The van der Waals surface area contributed by atoms with E-state index < -0.39 is 0 Å². The monoisotopic (exact) mass is 575 g/mol. The number of aliphatic imine (C=N–C) groups is 1.